The Morgan fingerprint density at radius 1 is 1.22 bits per heavy atom. The van der Waals surface area contributed by atoms with Gasteiger partial charge in [0.15, 0.2) is 0 Å². The van der Waals surface area contributed by atoms with Gasteiger partial charge in [-0.25, -0.2) is 0 Å². The molecule has 0 aromatic rings. The van der Waals surface area contributed by atoms with E-state index in [-0.39, 0.29) is 23.8 Å². The molecule has 106 valence electrons. The van der Waals surface area contributed by atoms with Gasteiger partial charge in [-0.1, -0.05) is 20.8 Å². The maximum Gasteiger partial charge on any atom is 0.310 e. The Morgan fingerprint density at radius 3 is 1.94 bits per heavy atom. The first-order valence-corrected chi connectivity index (χ1v) is 6.49. The van der Waals surface area contributed by atoms with Crippen molar-refractivity contribution in [3.05, 3.63) is 0 Å². The lowest BCUT2D eigenvalue weighted by molar-refractivity contribution is -0.156. The molecule has 1 N–H and O–H groups in total. The van der Waals surface area contributed by atoms with Gasteiger partial charge in [-0.15, -0.1) is 0 Å². The summed E-state index contributed by atoms with van der Waals surface area (Å²) in [5.74, 6) is -1.11. The molecule has 1 unspecified atom stereocenters. The molecule has 0 spiro atoms. The van der Waals surface area contributed by atoms with Gasteiger partial charge in [-0.3, -0.25) is 9.59 Å². The quantitative estimate of drug-likeness (QED) is 0.796. The Morgan fingerprint density at radius 2 is 1.67 bits per heavy atom. The van der Waals surface area contributed by atoms with E-state index >= 15 is 0 Å². The average molecular weight is 257 g/mol. The molecule has 0 heterocycles. The molecule has 0 aromatic heterocycles. The summed E-state index contributed by atoms with van der Waals surface area (Å²) in [6, 6.07) is 0. The molecule has 1 atom stereocenters. The van der Waals surface area contributed by atoms with E-state index in [2.05, 4.69) is 0 Å². The van der Waals surface area contributed by atoms with Crippen LogP contribution in [0, 0.1) is 11.3 Å². The lowest BCUT2D eigenvalue weighted by Gasteiger charge is -2.38. The maximum absolute atomic E-state index is 12.2. The molecular formula is C14H27NO3. The van der Waals surface area contributed by atoms with Crippen LogP contribution >= 0.6 is 0 Å². The maximum atomic E-state index is 12.2. The molecule has 0 rings (SSSR count). The number of amides is 1. The molecule has 0 aliphatic heterocycles. The van der Waals surface area contributed by atoms with Crippen LogP contribution in [0.3, 0.4) is 0 Å². The normalized spacial score (nSPS) is 15.3. The Kier molecular flexibility index (Phi) is 5.38. The Labute approximate surface area is 110 Å². The molecule has 0 radical (unpaired) electrons. The van der Waals surface area contributed by atoms with E-state index in [0.717, 1.165) is 6.42 Å². The number of carbonyl (C=O) groups excluding carboxylic acids is 1. The minimum absolute atomic E-state index is 0.0416. The molecule has 0 saturated carbocycles. The van der Waals surface area contributed by atoms with Crippen molar-refractivity contribution in [2.24, 2.45) is 11.3 Å². The van der Waals surface area contributed by atoms with Crippen LogP contribution in [0.25, 0.3) is 0 Å². The summed E-state index contributed by atoms with van der Waals surface area (Å²) in [5.41, 5.74) is -1.25. The summed E-state index contributed by atoms with van der Waals surface area (Å²) in [6.45, 7) is 11.3. The molecule has 0 fully saturated rings. The Hall–Kier alpha value is -1.06. The van der Waals surface area contributed by atoms with Gasteiger partial charge in [0.2, 0.25) is 5.91 Å². The SMILES string of the molecule is CCC(C)(C)N(C)C(=O)CC(C)(C(=O)O)C(C)C. The van der Waals surface area contributed by atoms with E-state index in [0.29, 0.717) is 0 Å². The van der Waals surface area contributed by atoms with Crippen LogP contribution in [0.5, 0.6) is 0 Å². The third kappa shape index (κ3) is 3.47. The summed E-state index contributed by atoms with van der Waals surface area (Å²) in [7, 11) is 1.74. The molecule has 18 heavy (non-hydrogen) atoms. The lowest BCUT2D eigenvalue weighted by Crippen LogP contribution is -2.47. The number of nitrogens with zero attached hydrogens (tertiary/aromatic N) is 1. The average Bonchev–Trinajstić information content (AvgIpc) is 2.26. The third-order valence-electron chi connectivity index (χ3n) is 4.43. The molecule has 4 heteroatoms. The Balaban J connectivity index is 5.00. The number of hydrogen-bond acceptors (Lipinski definition) is 2. The van der Waals surface area contributed by atoms with Gasteiger partial charge in [0.1, 0.15) is 0 Å². The smallest absolute Gasteiger partial charge is 0.310 e. The number of hydrogen-bond donors (Lipinski definition) is 1. The number of rotatable bonds is 6. The van der Waals surface area contributed by atoms with Gasteiger partial charge < -0.3 is 10.0 Å². The van der Waals surface area contributed by atoms with Gasteiger partial charge in [0, 0.05) is 19.0 Å². The third-order valence-corrected chi connectivity index (χ3v) is 4.43. The first-order chi connectivity index (χ1) is 7.99. The molecule has 4 nitrogen and oxygen atoms in total. The van der Waals surface area contributed by atoms with Crippen LogP contribution < -0.4 is 0 Å². The fraction of sp³-hybridized carbons (Fsp3) is 0.857. The zero-order chi connectivity index (χ0) is 14.7. The van der Waals surface area contributed by atoms with Gasteiger partial charge >= 0.3 is 5.97 Å². The molecule has 0 aliphatic rings. The fourth-order valence-corrected chi connectivity index (χ4v) is 1.53. The second kappa shape index (κ2) is 5.72. The van der Waals surface area contributed by atoms with Crippen molar-refractivity contribution in [1.29, 1.82) is 0 Å². The van der Waals surface area contributed by atoms with Crippen LogP contribution in [0.2, 0.25) is 0 Å². The number of carboxylic acid groups (broad SMARTS) is 1. The van der Waals surface area contributed by atoms with Crippen LogP contribution in [-0.4, -0.2) is 34.5 Å². The predicted molar refractivity (Wildman–Crippen MR) is 72.3 cm³/mol. The minimum Gasteiger partial charge on any atom is -0.481 e. The summed E-state index contributed by atoms with van der Waals surface area (Å²) in [5, 5.41) is 9.32. The summed E-state index contributed by atoms with van der Waals surface area (Å²) < 4.78 is 0. The highest BCUT2D eigenvalue weighted by Crippen LogP contribution is 2.33. The van der Waals surface area contributed by atoms with E-state index < -0.39 is 11.4 Å². The number of aliphatic carboxylic acids is 1. The Bertz CT molecular complexity index is 323. The predicted octanol–water partition coefficient (Wildman–Crippen LogP) is 2.77. The van der Waals surface area contributed by atoms with Crippen LogP contribution in [0.15, 0.2) is 0 Å². The minimum atomic E-state index is -1.00. The van der Waals surface area contributed by atoms with Gasteiger partial charge in [-0.05, 0) is 33.1 Å². The monoisotopic (exact) mass is 257 g/mol. The number of carbonyl (C=O) groups is 2. The molecule has 0 bridgehead atoms. The summed E-state index contributed by atoms with van der Waals surface area (Å²) in [6.07, 6.45) is 0.876. The zero-order valence-corrected chi connectivity index (χ0v) is 12.7. The van der Waals surface area contributed by atoms with E-state index in [1.807, 2.05) is 34.6 Å². The van der Waals surface area contributed by atoms with Crippen molar-refractivity contribution in [2.45, 2.75) is 59.9 Å². The summed E-state index contributed by atoms with van der Waals surface area (Å²) in [4.78, 5) is 25.3. The van der Waals surface area contributed by atoms with E-state index in [1.54, 1.807) is 18.9 Å². The first kappa shape index (κ1) is 16.9. The van der Waals surface area contributed by atoms with E-state index in [4.69, 9.17) is 0 Å². The fourth-order valence-electron chi connectivity index (χ4n) is 1.53. The second-order valence-corrected chi connectivity index (χ2v) is 6.17. The second-order valence-electron chi connectivity index (χ2n) is 6.17. The van der Waals surface area contributed by atoms with Gasteiger partial charge in [-0.2, -0.15) is 0 Å². The topological polar surface area (TPSA) is 57.6 Å². The van der Waals surface area contributed by atoms with Crippen molar-refractivity contribution < 1.29 is 14.7 Å². The van der Waals surface area contributed by atoms with E-state index in [9.17, 15) is 14.7 Å². The lowest BCUT2D eigenvalue weighted by atomic mass is 9.76. The van der Waals surface area contributed by atoms with Crippen LogP contribution in [-0.2, 0) is 9.59 Å². The van der Waals surface area contributed by atoms with Crippen molar-refractivity contribution in [2.75, 3.05) is 7.05 Å². The van der Waals surface area contributed by atoms with Gasteiger partial charge in [0.05, 0.1) is 5.41 Å². The molecule has 0 aromatic carbocycles. The van der Waals surface area contributed by atoms with E-state index in [1.165, 1.54) is 0 Å². The van der Waals surface area contributed by atoms with Crippen molar-refractivity contribution in [1.82, 2.24) is 4.90 Å². The summed E-state index contributed by atoms with van der Waals surface area (Å²) >= 11 is 0. The van der Waals surface area contributed by atoms with Crippen LogP contribution in [0.4, 0.5) is 0 Å². The van der Waals surface area contributed by atoms with Gasteiger partial charge in [0.25, 0.3) is 0 Å². The zero-order valence-electron chi connectivity index (χ0n) is 12.7. The highest BCUT2D eigenvalue weighted by Gasteiger charge is 2.40. The van der Waals surface area contributed by atoms with Crippen molar-refractivity contribution >= 4 is 11.9 Å². The molecular weight excluding hydrogens is 230 g/mol. The highest BCUT2D eigenvalue weighted by atomic mass is 16.4. The van der Waals surface area contributed by atoms with Crippen molar-refractivity contribution in [3.63, 3.8) is 0 Å². The van der Waals surface area contributed by atoms with Crippen molar-refractivity contribution in [3.8, 4) is 0 Å². The van der Waals surface area contributed by atoms with Crippen LogP contribution in [0.1, 0.15) is 54.4 Å². The standard InChI is InChI=1S/C14H27NO3/c1-8-13(4,5)15(7)11(16)9-14(6,10(2)3)12(17)18/h10H,8-9H2,1-7H3,(H,17,18). The molecule has 1 amide bonds. The highest BCUT2D eigenvalue weighted by molar-refractivity contribution is 5.85. The first-order valence-electron chi connectivity index (χ1n) is 6.49. The largest absolute Gasteiger partial charge is 0.481 e. The molecule has 0 aliphatic carbocycles. The molecule has 0 saturated heterocycles. The number of carboxylic acids is 1.